The molecular formula is C12H16NO3P. The predicted octanol–water partition coefficient (Wildman–Crippen LogP) is 2.53. The molecule has 0 saturated heterocycles. The minimum Gasteiger partial charge on any atom is -0.321 e. The molecule has 92 valence electrons. The van der Waals surface area contributed by atoms with Gasteiger partial charge in [-0.3, -0.25) is 4.57 Å². The van der Waals surface area contributed by atoms with Crippen molar-refractivity contribution in [3.63, 3.8) is 0 Å². The molecule has 17 heavy (non-hydrogen) atoms. The number of hydrogen-bond acceptors (Lipinski definition) is 3. The van der Waals surface area contributed by atoms with E-state index in [-0.39, 0.29) is 17.8 Å². The van der Waals surface area contributed by atoms with Gasteiger partial charge < -0.3 is 9.42 Å². The highest BCUT2D eigenvalue weighted by Gasteiger charge is 2.23. The topological polar surface area (TPSA) is 70.3 Å². The third-order valence-electron chi connectivity index (χ3n) is 2.37. The average molecular weight is 253 g/mol. The van der Waals surface area contributed by atoms with Gasteiger partial charge in [-0.05, 0) is 36.6 Å². The van der Waals surface area contributed by atoms with Crippen LogP contribution in [0.15, 0.2) is 18.2 Å². The van der Waals surface area contributed by atoms with Crippen LogP contribution in [0.1, 0.15) is 37.8 Å². The van der Waals surface area contributed by atoms with Crippen LogP contribution in [0.5, 0.6) is 0 Å². The Morgan fingerprint density at radius 3 is 2.59 bits per heavy atom. The van der Waals surface area contributed by atoms with Gasteiger partial charge >= 0.3 is 7.60 Å². The first kappa shape index (κ1) is 13.9. The highest BCUT2D eigenvalue weighted by Crippen LogP contribution is 2.41. The molecule has 1 aromatic carbocycles. The zero-order chi connectivity index (χ0) is 13.1. The molecule has 4 nitrogen and oxygen atoms in total. The fourth-order valence-electron chi connectivity index (χ4n) is 1.45. The molecule has 0 bridgehead atoms. The standard InChI is InChI=1S/C12H16NO3P/c1-4-16-17(14,15)12-6-10(8-13)5-11(7-12)9(2)3/h5-7,9H,4H2,1-3H3,(H,14,15). The highest BCUT2D eigenvalue weighted by molar-refractivity contribution is 7.61. The van der Waals surface area contributed by atoms with Crippen molar-refractivity contribution in [1.29, 1.82) is 5.26 Å². The molecule has 0 aromatic heterocycles. The van der Waals surface area contributed by atoms with E-state index >= 15 is 0 Å². The summed E-state index contributed by atoms with van der Waals surface area (Å²) in [5, 5.41) is 9.08. The van der Waals surface area contributed by atoms with Crippen LogP contribution in [0.4, 0.5) is 0 Å². The quantitative estimate of drug-likeness (QED) is 0.837. The van der Waals surface area contributed by atoms with Crippen LogP contribution < -0.4 is 5.30 Å². The average Bonchev–Trinajstić information content (AvgIpc) is 2.28. The number of nitrogens with zero attached hydrogens (tertiary/aromatic N) is 1. The van der Waals surface area contributed by atoms with Gasteiger partial charge in [0.1, 0.15) is 0 Å². The number of rotatable bonds is 4. The van der Waals surface area contributed by atoms with Gasteiger partial charge in [-0.15, -0.1) is 0 Å². The summed E-state index contributed by atoms with van der Waals surface area (Å²) in [6.45, 7) is 5.73. The van der Waals surface area contributed by atoms with E-state index in [0.717, 1.165) is 5.56 Å². The maximum atomic E-state index is 11.9. The van der Waals surface area contributed by atoms with Crippen LogP contribution >= 0.6 is 7.60 Å². The molecule has 0 aliphatic rings. The van der Waals surface area contributed by atoms with Gasteiger partial charge in [0.15, 0.2) is 0 Å². The van der Waals surface area contributed by atoms with Gasteiger partial charge in [-0.1, -0.05) is 13.8 Å². The Bertz CT molecular complexity index is 491. The van der Waals surface area contributed by atoms with Crippen LogP contribution in [0, 0.1) is 11.3 Å². The minimum atomic E-state index is -3.80. The van der Waals surface area contributed by atoms with Gasteiger partial charge in [-0.2, -0.15) is 5.26 Å². The summed E-state index contributed by atoms with van der Waals surface area (Å²) in [6, 6.07) is 6.74. The SMILES string of the molecule is CCOP(=O)(O)c1cc(C#N)cc(C(C)C)c1. The second-order valence-electron chi connectivity index (χ2n) is 4.02. The fraction of sp³-hybridized carbons (Fsp3) is 0.417. The molecule has 0 aliphatic carbocycles. The van der Waals surface area contributed by atoms with Crippen molar-refractivity contribution >= 4 is 12.9 Å². The van der Waals surface area contributed by atoms with E-state index in [1.165, 1.54) is 6.07 Å². The zero-order valence-corrected chi connectivity index (χ0v) is 11.1. The summed E-state index contributed by atoms with van der Waals surface area (Å²) in [6.07, 6.45) is 0. The van der Waals surface area contributed by atoms with Crippen molar-refractivity contribution in [3.8, 4) is 6.07 Å². The lowest BCUT2D eigenvalue weighted by molar-refractivity contribution is 0.284. The normalized spacial score (nSPS) is 14.4. The Morgan fingerprint density at radius 2 is 2.12 bits per heavy atom. The molecule has 0 radical (unpaired) electrons. The molecular weight excluding hydrogens is 237 g/mol. The minimum absolute atomic E-state index is 0.154. The maximum Gasteiger partial charge on any atom is 0.358 e. The van der Waals surface area contributed by atoms with Gasteiger partial charge in [0.05, 0.1) is 23.5 Å². The van der Waals surface area contributed by atoms with Crippen molar-refractivity contribution in [2.24, 2.45) is 0 Å². The molecule has 0 aliphatic heterocycles. The van der Waals surface area contributed by atoms with Crippen molar-refractivity contribution in [2.75, 3.05) is 6.61 Å². The third kappa shape index (κ3) is 3.41. The smallest absolute Gasteiger partial charge is 0.321 e. The summed E-state index contributed by atoms with van der Waals surface area (Å²) >= 11 is 0. The summed E-state index contributed by atoms with van der Waals surface area (Å²) < 4.78 is 16.7. The lowest BCUT2D eigenvalue weighted by Gasteiger charge is -2.14. The van der Waals surface area contributed by atoms with E-state index in [2.05, 4.69) is 0 Å². The van der Waals surface area contributed by atoms with Gasteiger partial charge in [0.25, 0.3) is 0 Å². The van der Waals surface area contributed by atoms with Crippen molar-refractivity contribution in [3.05, 3.63) is 29.3 Å². The first-order valence-corrected chi connectivity index (χ1v) is 7.01. The Morgan fingerprint density at radius 1 is 1.47 bits per heavy atom. The van der Waals surface area contributed by atoms with Crippen LogP contribution in [0.2, 0.25) is 0 Å². The molecule has 1 aromatic rings. The van der Waals surface area contributed by atoms with E-state index in [9.17, 15) is 9.46 Å². The molecule has 1 N–H and O–H groups in total. The van der Waals surface area contributed by atoms with Gasteiger partial charge in [0.2, 0.25) is 0 Å². The van der Waals surface area contributed by atoms with Crippen molar-refractivity contribution in [1.82, 2.24) is 0 Å². The third-order valence-corrected chi connectivity index (χ3v) is 3.89. The van der Waals surface area contributed by atoms with Crippen molar-refractivity contribution < 1.29 is 14.0 Å². The van der Waals surface area contributed by atoms with Crippen LogP contribution in [0.3, 0.4) is 0 Å². The molecule has 1 rings (SSSR count). The van der Waals surface area contributed by atoms with Crippen LogP contribution in [0.25, 0.3) is 0 Å². The number of benzene rings is 1. The molecule has 1 atom stereocenters. The van der Waals surface area contributed by atoms with E-state index in [0.29, 0.717) is 5.56 Å². The maximum absolute atomic E-state index is 11.9. The number of nitriles is 1. The summed E-state index contributed by atoms with van der Waals surface area (Å²) in [7, 11) is -3.80. The Kier molecular flexibility index (Phi) is 4.47. The predicted molar refractivity (Wildman–Crippen MR) is 66.3 cm³/mol. The first-order valence-electron chi connectivity index (χ1n) is 5.43. The number of hydrogen-bond donors (Lipinski definition) is 1. The largest absolute Gasteiger partial charge is 0.358 e. The van der Waals surface area contributed by atoms with Crippen molar-refractivity contribution in [2.45, 2.75) is 26.7 Å². The molecule has 1 unspecified atom stereocenters. The summed E-state index contributed by atoms with van der Waals surface area (Å²) in [5.41, 5.74) is 1.23. The highest BCUT2D eigenvalue weighted by atomic mass is 31.2. The Labute approximate surface area is 101 Å². The van der Waals surface area contributed by atoms with Crippen LogP contribution in [-0.4, -0.2) is 11.5 Å². The second-order valence-corrected chi connectivity index (χ2v) is 5.83. The second kappa shape index (κ2) is 5.46. The van der Waals surface area contributed by atoms with E-state index in [1.54, 1.807) is 19.1 Å². The summed E-state index contributed by atoms with van der Waals surface area (Å²) in [5.74, 6) is 0.184. The van der Waals surface area contributed by atoms with Crippen LogP contribution in [-0.2, 0) is 9.09 Å². The van der Waals surface area contributed by atoms with E-state index in [4.69, 9.17) is 9.79 Å². The lowest BCUT2D eigenvalue weighted by Crippen LogP contribution is -2.10. The van der Waals surface area contributed by atoms with Gasteiger partial charge in [0, 0.05) is 0 Å². The van der Waals surface area contributed by atoms with E-state index < -0.39 is 7.60 Å². The molecule has 5 heteroatoms. The summed E-state index contributed by atoms with van der Waals surface area (Å²) in [4.78, 5) is 9.74. The van der Waals surface area contributed by atoms with Gasteiger partial charge in [-0.25, -0.2) is 0 Å². The first-order chi connectivity index (χ1) is 7.90. The molecule has 0 fully saturated rings. The lowest BCUT2D eigenvalue weighted by atomic mass is 10.0. The van der Waals surface area contributed by atoms with E-state index in [1.807, 2.05) is 19.9 Å². The monoisotopic (exact) mass is 253 g/mol. The zero-order valence-electron chi connectivity index (χ0n) is 10.2. The fourth-order valence-corrected chi connectivity index (χ4v) is 2.56. The Balaban J connectivity index is 3.30. The molecule has 0 heterocycles. The molecule has 0 spiro atoms. The Hall–Kier alpha value is -1.14. The molecule has 0 amide bonds. The molecule has 0 saturated carbocycles.